The van der Waals surface area contributed by atoms with Gasteiger partial charge in [0.25, 0.3) is 0 Å². The van der Waals surface area contributed by atoms with Crippen molar-refractivity contribution in [3.63, 3.8) is 0 Å². The van der Waals surface area contributed by atoms with Crippen LogP contribution >= 0.6 is 0 Å². The summed E-state index contributed by atoms with van der Waals surface area (Å²) < 4.78 is 27.9. The first-order chi connectivity index (χ1) is 6.64. The highest BCUT2D eigenvalue weighted by atomic mass is 32.2. The lowest BCUT2D eigenvalue weighted by Crippen LogP contribution is -2.16. The maximum atomic E-state index is 11.5. The Morgan fingerprint density at radius 3 is 2.93 bits per heavy atom. The summed E-state index contributed by atoms with van der Waals surface area (Å²) in [5.74, 6) is 0.988. The Morgan fingerprint density at radius 1 is 1.43 bits per heavy atom. The zero-order valence-corrected chi connectivity index (χ0v) is 9.26. The van der Waals surface area contributed by atoms with Crippen molar-refractivity contribution < 1.29 is 13.2 Å². The molecule has 1 aliphatic rings. The lowest BCUT2D eigenvalue weighted by Gasteiger charge is -2.12. The van der Waals surface area contributed by atoms with E-state index in [0.29, 0.717) is 18.1 Å². The van der Waals surface area contributed by atoms with E-state index in [-0.39, 0.29) is 5.92 Å². The second-order valence-corrected chi connectivity index (χ2v) is 6.03. The molecule has 14 heavy (non-hydrogen) atoms. The first-order valence-electron chi connectivity index (χ1n) is 5.07. The quantitative estimate of drug-likeness (QED) is 0.533. The molecule has 1 unspecified atom stereocenters. The Labute approximate surface area is 86.1 Å². The Kier molecular flexibility index (Phi) is 4.45. The molecule has 1 fully saturated rings. The summed E-state index contributed by atoms with van der Waals surface area (Å²) >= 11 is 0. The van der Waals surface area contributed by atoms with Gasteiger partial charge in [0, 0.05) is 0 Å². The van der Waals surface area contributed by atoms with Gasteiger partial charge in [0.2, 0.25) is 0 Å². The molecular weight excluding hydrogens is 200 g/mol. The van der Waals surface area contributed by atoms with Gasteiger partial charge in [0.1, 0.15) is 0 Å². The fourth-order valence-electron chi connectivity index (χ4n) is 1.83. The summed E-state index contributed by atoms with van der Waals surface area (Å²) in [5.41, 5.74) is 0. The van der Waals surface area contributed by atoms with Gasteiger partial charge in [-0.1, -0.05) is 13.0 Å². The van der Waals surface area contributed by atoms with Gasteiger partial charge in [-0.2, -0.15) is 0 Å². The van der Waals surface area contributed by atoms with Crippen LogP contribution in [0, 0.1) is 5.92 Å². The summed E-state index contributed by atoms with van der Waals surface area (Å²) in [7, 11) is -2.79. The van der Waals surface area contributed by atoms with E-state index in [1.807, 2.05) is 0 Å². The first-order valence-corrected chi connectivity index (χ1v) is 6.89. The maximum Gasteiger partial charge on any atom is 0.150 e. The fraction of sp³-hybridized carbons (Fsp3) is 0.800. The fourth-order valence-corrected chi connectivity index (χ4v) is 3.69. The summed E-state index contributed by atoms with van der Waals surface area (Å²) in [5, 5.41) is 0. The first kappa shape index (κ1) is 11.6. The van der Waals surface area contributed by atoms with E-state index < -0.39 is 9.84 Å². The molecule has 0 radical (unpaired) electrons. The minimum Gasteiger partial charge on any atom is -0.502 e. The summed E-state index contributed by atoms with van der Waals surface area (Å²) in [6.07, 6.45) is 5.09. The number of sulfone groups is 1. The molecule has 1 rings (SSSR count). The molecule has 1 atom stereocenters. The van der Waals surface area contributed by atoms with Gasteiger partial charge in [-0.05, 0) is 25.2 Å². The van der Waals surface area contributed by atoms with Crippen molar-refractivity contribution in [2.45, 2.75) is 25.7 Å². The van der Waals surface area contributed by atoms with E-state index in [0.717, 1.165) is 25.7 Å². The van der Waals surface area contributed by atoms with Crippen molar-refractivity contribution in [1.82, 2.24) is 0 Å². The molecule has 1 saturated heterocycles. The summed E-state index contributed by atoms with van der Waals surface area (Å²) in [6, 6.07) is 0. The number of hydrogen-bond donors (Lipinski definition) is 0. The third kappa shape index (κ3) is 4.13. The maximum absolute atomic E-state index is 11.5. The van der Waals surface area contributed by atoms with E-state index in [2.05, 4.69) is 6.58 Å². The predicted octanol–water partition coefficient (Wildman–Crippen LogP) is 1.75. The molecule has 1 heterocycles. The number of hydrogen-bond acceptors (Lipinski definition) is 3. The van der Waals surface area contributed by atoms with Crippen LogP contribution in [-0.4, -0.2) is 26.5 Å². The Bertz CT molecular complexity index is 269. The van der Waals surface area contributed by atoms with E-state index >= 15 is 0 Å². The molecule has 0 N–H and O–H groups in total. The highest BCUT2D eigenvalue weighted by Gasteiger charge is 2.22. The van der Waals surface area contributed by atoms with Gasteiger partial charge < -0.3 is 4.74 Å². The zero-order valence-electron chi connectivity index (χ0n) is 8.44. The largest absolute Gasteiger partial charge is 0.502 e. The van der Waals surface area contributed by atoms with Crippen LogP contribution in [0.25, 0.3) is 0 Å². The lowest BCUT2D eigenvalue weighted by molar-refractivity contribution is 0.224. The van der Waals surface area contributed by atoms with E-state index in [9.17, 15) is 8.42 Å². The Morgan fingerprint density at radius 2 is 2.21 bits per heavy atom. The molecule has 0 saturated carbocycles. The van der Waals surface area contributed by atoms with Gasteiger partial charge in [-0.25, -0.2) is 8.42 Å². The molecule has 1 aliphatic heterocycles. The third-order valence-corrected chi connectivity index (χ3v) is 4.46. The molecule has 82 valence electrons. The number of ether oxygens (including phenoxy) is 1. The lowest BCUT2D eigenvalue weighted by atomic mass is 10.0. The van der Waals surface area contributed by atoms with Crippen LogP contribution in [0.1, 0.15) is 25.7 Å². The van der Waals surface area contributed by atoms with Crippen molar-refractivity contribution >= 4 is 9.84 Å². The molecular formula is C10H18O3S. The zero-order chi connectivity index (χ0) is 10.4. The van der Waals surface area contributed by atoms with Crippen LogP contribution in [0.15, 0.2) is 12.8 Å². The SMILES string of the molecule is C=COCCC1CCCCS(=O)(=O)C1. The van der Waals surface area contributed by atoms with Crippen LogP contribution in [0.5, 0.6) is 0 Å². The Balaban J connectivity index is 2.39. The van der Waals surface area contributed by atoms with Gasteiger partial charge in [-0.3, -0.25) is 0 Å². The van der Waals surface area contributed by atoms with Crippen LogP contribution in [0.2, 0.25) is 0 Å². The van der Waals surface area contributed by atoms with Crippen molar-refractivity contribution in [3.8, 4) is 0 Å². The van der Waals surface area contributed by atoms with Crippen LogP contribution < -0.4 is 0 Å². The Hall–Kier alpha value is -0.510. The smallest absolute Gasteiger partial charge is 0.150 e. The van der Waals surface area contributed by atoms with Gasteiger partial charge >= 0.3 is 0 Å². The molecule has 3 nitrogen and oxygen atoms in total. The molecule has 0 bridgehead atoms. The van der Waals surface area contributed by atoms with E-state index in [1.165, 1.54) is 6.26 Å². The second kappa shape index (κ2) is 5.39. The highest BCUT2D eigenvalue weighted by Crippen LogP contribution is 2.20. The highest BCUT2D eigenvalue weighted by molar-refractivity contribution is 7.91. The summed E-state index contributed by atoms with van der Waals surface area (Å²) in [6.45, 7) is 4.04. The van der Waals surface area contributed by atoms with Gasteiger partial charge in [0.15, 0.2) is 9.84 Å². The number of rotatable bonds is 4. The minimum atomic E-state index is -2.79. The normalized spacial score (nSPS) is 26.4. The minimum absolute atomic E-state index is 0.280. The average molecular weight is 218 g/mol. The van der Waals surface area contributed by atoms with Crippen molar-refractivity contribution in [1.29, 1.82) is 0 Å². The van der Waals surface area contributed by atoms with Gasteiger partial charge in [0.05, 0.1) is 24.4 Å². The standard InChI is InChI=1S/C10H18O3S/c1-2-13-7-6-10-5-3-4-8-14(11,12)9-10/h2,10H,1,3-9H2. The second-order valence-electron chi connectivity index (χ2n) is 3.80. The predicted molar refractivity (Wildman–Crippen MR) is 56.8 cm³/mol. The monoisotopic (exact) mass is 218 g/mol. The van der Waals surface area contributed by atoms with E-state index in [1.54, 1.807) is 0 Å². The van der Waals surface area contributed by atoms with E-state index in [4.69, 9.17) is 4.74 Å². The average Bonchev–Trinajstić information content (AvgIpc) is 2.27. The van der Waals surface area contributed by atoms with Crippen molar-refractivity contribution in [3.05, 3.63) is 12.8 Å². The third-order valence-electron chi connectivity index (χ3n) is 2.57. The van der Waals surface area contributed by atoms with Crippen molar-refractivity contribution in [2.75, 3.05) is 18.1 Å². The van der Waals surface area contributed by atoms with Gasteiger partial charge in [-0.15, -0.1) is 0 Å². The molecule has 0 aromatic carbocycles. The molecule has 0 amide bonds. The summed E-state index contributed by atoms with van der Waals surface area (Å²) in [4.78, 5) is 0. The van der Waals surface area contributed by atoms with Crippen LogP contribution in [0.3, 0.4) is 0 Å². The molecule has 4 heteroatoms. The van der Waals surface area contributed by atoms with Crippen LogP contribution in [0.4, 0.5) is 0 Å². The molecule has 0 spiro atoms. The van der Waals surface area contributed by atoms with Crippen molar-refractivity contribution in [2.24, 2.45) is 5.92 Å². The topological polar surface area (TPSA) is 43.4 Å². The molecule has 0 aliphatic carbocycles. The molecule has 0 aromatic rings. The molecule has 0 aromatic heterocycles. The van der Waals surface area contributed by atoms with Crippen LogP contribution in [-0.2, 0) is 14.6 Å².